The van der Waals surface area contributed by atoms with E-state index in [0.29, 0.717) is 18.6 Å². The largest absolute Gasteiger partial charge is 0.378 e. The number of nitrogens with two attached hydrogens (primary N) is 1. The van der Waals surface area contributed by atoms with Crippen LogP contribution >= 0.6 is 0 Å². The Morgan fingerprint density at radius 3 is 2.67 bits per heavy atom. The highest BCUT2D eigenvalue weighted by molar-refractivity contribution is 4.94. The number of hydrogen-bond donors (Lipinski definition) is 2. The minimum Gasteiger partial charge on any atom is -0.378 e. The van der Waals surface area contributed by atoms with Crippen LogP contribution in [-0.4, -0.2) is 42.9 Å². The van der Waals surface area contributed by atoms with Gasteiger partial charge in [-0.3, -0.25) is 0 Å². The van der Waals surface area contributed by atoms with Crippen LogP contribution in [0.4, 0.5) is 0 Å². The fourth-order valence-corrected chi connectivity index (χ4v) is 3.05. The average Bonchev–Trinajstić information content (AvgIpc) is 2.40. The fourth-order valence-electron chi connectivity index (χ4n) is 3.05. The second kappa shape index (κ2) is 6.33. The standard InChI is InChI=1S/C14H29N3O/c1-12(2)13-10-14(11-15,6-9-18-13)16-17-7-4-3-5-8-17/h12-13,16H,3-11,15H2,1-2H3. The van der Waals surface area contributed by atoms with Crippen LogP contribution in [0.1, 0.15) is 46.0 Å². The number of nitrogens with zero attached hydrogens (tertiary/aromatic N) is 1. The fraction of sp³-hybridized carbons (Fsp3) is 1.00. The van der Waals surface area contributed by atoms with Crippen molar-refractivity contribution in [3.63, 3.8) is 0 Å². The summed E-state index contributed by atoms with van der Waals surface area (Å²) in [5.74, 6) is 0.569. The first-order valence-corrected chi connectivity index (χ1v) is 7.50. The van der Waals surface area contributed by atoms with Crippen molar-refractivity contribution in [3.8, 4) is 0 Å². The quantitative estimate of drug-likeness (QED) is 0.799. The Labute approximate surface area is 111 Å². The number of hydrogen-bond acceptors (Lipinski definition) is 4. The highest BCUT2D eigenvalue weighted by Gasteiger charge is 2.38. The van der Waals surface area contributed by atoms with Gasteiger partial charge in [0, 0.05) is 31.8 Å². The number of ether oxygens (including phenoxy) is 1. The van der Waals surface area contributed by atoms with E-state index in [2.05, 4.69) is 24.3 Å². The van der Waals surface area contributed by atoms with E-state index >= 15 is 0 Å². The molecule has 0 amide bonds. The van der Waals surface area contributed by atoms with Crippen LogP contribution in [0.2, 0.25) is 0 Å². The Morgan fingerprint density at radius 1 is 1.33 bits per heavy atom. The highest BCUT2D eigenvalue weighted by atomic mass is 16.5. The second-order valence-electron chi connectivity index (χ2n) is 6.25. The molecule has 2 heterocycles. The van der Waals surface area contributed by atoms with Gasteiger partial charge in [0.15, 0.2) is 0 Å². The van der Waals surface area contributed by atoms with Crippen molar-refractivity contribution in [2.45, 2.75) is 57.6 Å². The van der Waals surface area contributed by atoms with Crippen molar-refractivity contribution in [2.24, 2.45) is 11.7 Å². The lowest BCUT2D eigenvalue weighted by atomic mass is 9.83. The van der Waals surface area contributed by atoms with E-state index in [0.717, 1.165) is 32.5 Å². The maximum atomic E-state index is 6.07. The summed E-state index contributed by atoms with van der Waals surface area (Å²) in [7, 11) is 0. The molecule has 4 nitrogen and oxygen atoms in total. The van der Waals surface area contributed by atoms with E-state index < -0.39 is 0 Å². The summed E-state index contributed by atoms with van der Waals surface area (Å²) < 4.78 is 5.87. The van der Waals surface area contributed by atoms with Gasteiger partial charge in [-0.15, -0.1) is 0 Å². The van der Waals surface area contributed by atoms with Gasteiger partial charge in [0.2, 0.25) is 0 Å². The maximum absolute atomic E-state index is 6.07. The molecule has 2 fully saturated rings. The van der Waals surface area contributed by atoms with Gasteiger partial charge < -0.3 is 10.5 Å². The lowest BCUT2D eigenvalue weighted by molar-refractivity contribution is -0.0709. The molecule has 2 rings (SSSR count). The number of rotatable bonds is 4. The van der Waals surface area contributed by atoms with Crippen LogP contribution in [0.3, 0.4) is 0 Å². The molecule has 3 N–H and O–H groups in total. The van der Waals surface area contributed by atoms with Crippen LogP contribution in [0.25, 0.3) is 0 Å². The zero-order chi connectivity index (χ0) is 13.0. The lowest BCUT2D eigenvalue weighted by Crippen LogP contribution is -2.63. The Bertz CT molecular complexity index is 253. The Kier molecular flexibility index (Phi) is 5.01. The third kappa shape index (κ3) is 3.44. The topological polar surface area (TPSA) is 50.5 Å². The summed E-state index contributed by atoms with van der Waals surface area (Å²) in [6.45, 7) is 8.33. The third-order valence-corrected chi connectivity index (χ3v) is 4.39. The summed E-state index contributed by atoms with van der Waals surface area (Å²) in [4.78, 5) is 0. The molecule has 0 aromatic carbocycles. The van der Waals surface area contributed by atoms with E-state index in [4.69, 9.17) is 10.5 Å². The van der Waals surface area contributed by atoms with Crippen LogP contribution in [0.15, 0.2) is 0 Å². The second-order valence-corrected chi connectivity index (χ2v) is 6.25. The first kappa shape index (κ1) is 14.3. The molecule has 0 radical (unpaired) electrons. The average molecular weight is 255 g/mol. The number of nitrogens with one attached hydrogen (secondary N) is 1. The lowest BCUT2D eigenvalue weighted by Gasteiger charge is -2.45. The first-order chi connectivity index (χ1) is 8.65. The van der Waals surface area contributed by atoms with E-state index in [9.17, 15) is 0 Å². The van der Waals surface area contributed by atoms with Gasteiger partial charge in [0.05, 0.1) is 6.10 Å². The van der Waals surface area contributed by atoms with Crippen molar-refractivity contribution < 1.29 is 4.74 Å². The summed E-state index contributed by atoms with van der Waals surface area (Å²) in [6.07, 6.45) is 6.39. The van der Waals surface area contributed by atoms with Crippen molar-refractivity contribution in [1.29, 1.82) is 0 Å². The SMILES string of the molecule is CC(C)C1CC(CN)(NN2CCCCC2)CCO1. The van der Waals surface area contributed by atoms with Crippen molar-refractivity contribution in [2.75, 3.05) is 26.2 Å². The molecule has 0 aliphatic carbocycles. The van der Waals surface area contributed by atoms with Crippen LogP contribution in [0, 0.1) is 5.92 Å². The van der Waals surface area contributed by atoms with Gasteiger partial charge in [0.1, 0.15) is 0 Å². The molecule has 2 unspecified atom stereocenters. The van der Waals surface area contributed by atoms with E-state index in [-0.39, 0.29) is 5.54 Å². The molecule has 2 atom stereocenters. The van der Waals surface area contributed by atoms with Gasteiger partial charge in [-0.1, -0.05) is 20.3 Å². The van der Waals surface area contributed by atoms with Gasteiger partial charge in [0.25, 0.3) is 0 Å². The zero-order valence-corrected chi connectivity index (χ0v) is 12.0. The van der Waals surface area contributed by atoms with Crippen LogP contribution in [-0.2, 0) is 4.74 Å². The highest BCUT2D eigenvalue weighted by Crippen LogP contribution is 2.28. The molecule has 0 saturated carbocycles. The predicted molar refractivity (Wildman–Crippen MR) is 74.2 cm³/mol. The molecular weight excluding hydrogens is 226 g/mol. The summed E-state index contributed by atoms with van der Waals surface area (Å²) >= 11 is 0. The molecular formula is C14H29N3O. The monoisotopic (exact) mass is 255 g/mol. The maximum Gasteiger partial charge on any atom is 0.0616 e. The molecule has 18 heavy (non-hydrogen) atoms. The van der Waals surface area contributed by atoms with E-state index in [1.807, 2.05) is 0 Å². The molecule has 0 aromatic heterocycles. The van der Waals surface area contributed by atoms with Gasteiger partial charge in [-0.2, -0.15) is 0 Å². The van der Waals surface area contributed by atoms with Crippen molar-refractivity contribution >= 4 is 0 Å². The minimum absolute atomic E-state index is 0.0600. The minimum atomic E-state index is 0.0600. The van der Waals surface area contributed by atoms with Gasteiger partial charge in [-0.25, -0.2) is 10.4 Å². The zero-order valence-electron chi connectivity index (χ0n) is 12.0. The first-order valence-electron chi connectivity index (χ1n) is 7.50. The third-order valence-electron chi connectivity index (χ3n) is 4.39. The van der Waals surface area contributed by atoms with Crippen LogP contribution in [0.5, 0.6) is 0 Å². The molecule has 0 spiro atoms. The molecule has 4 heteroatoms. The Morgan fingerprint density at radius 2 is 2.06 bits per heavy atom. The molecule has 0 bridgehead atoms. The van der Waals surface area contributed by atoms with Crippen molar-refractivity contribution in [3.05, 3.63) is 0 Å². The normalized spacial score (nSPS) is 35.0. The number of hydrazine groups is 1. The number of piperidine rings is 1. The summed E-state index contributed by atoms with van der Waals surface area (Å²) in [6, 6.07) is 0. The molecule has 0 aromatic rings. The van der Waals surface area contributed by atoms with Crippen LogP contribution < -0.4 is 11.2 Å². The smallest absolute Gasteiger partial charge is 0.0616 e. The Balaban J connectivity index is 1.95. The summed E-state index contributed by atoms with van der Waals surface area (Å²) in [5, 5.41) is 2.39. The van der Waals surface area contributed by atoms with Gasteiger partial charge >= 0.3 is 0 Å². The van der Waals surface area contributed by atoms with Crippen molar-refractivity contribution in [1.82, 2.24) is 10.4 Å². The molecule has 2 aliphatic rings. The predicted octanol–water partition coefficient (Wildman–Crippen LogP) is 1.51. The molecule has 2 aliphatic heterocycles. The molecule has 106 valence electrons. The van der Waals surface area contributed by atoms with Gasteiger partial charge in [-0.05, 0) is 31.6 Å². The summed E-state index contributed by atoms with van der Waals surface area (Å²) in [5.41, 5.74) is 9.87. The van der Waals surface area contributed by atoms with E-state index in [1.165, 1.54) is 19.3 Å². The molecule has 2 saturated heterocycles. The Hall–Kier alpha value is -0.160. The van der Waals surface area contributed by atoms with E-state index in [1.54, 1.807) is 0 Å².